The molecule has 2 N–H and O–H groups in total. The lowest BCUT2D eigenvalue weighted by molar-refractivity contribution is 0.0954. The third-order valence-corrected chi connectivity index (χ3v) is 4.09. The molecule has 0 aliphatic heterocycles. The molecule has 0 bridgehead atoms. The molecule has 3 aromatic carbocycles. The molecule has 6 heteroatoms. The van der Waals surface area contributed by atoms with Crippen molar-refractivity contribution in [2.24, 2.45) is 5.10 Å². The van der Waals surface area contributed by atoms with Crippen LogP contribution in [0.15, 0.2) is 96.6 Å². The third-order valence-electron chi connectivity index (χ3n) is 4.09. The van der Waals surface area contributed by atoms with Crippen molar-refractivity contribution in [2.45, 2.75) is 0 Å². The van der Waals surface area contributed by atoms with Gasteiger partial charge in [-0.15, -0.1) is 0 Å². The van der Waals surface area contributed by atoms with Gasteiger partial charge in [-0.05, 0) is 48.5 Å². The van der Waals surface area contributed by atoms with Crippen molar-refractivity contribution >= 4 is 23.7 Å². The quantitative estimate of drug-likeness (QED) is 0.337. The number of hydrazone groups is 1. The molecular weight excluding hydrogens is 378 g/mol. The van der Waals surface area contributed by atoms with Crippen molar-refractivity contribution in [3.05, 3.63) is 108 Å². The number of benzene rings is 3. The standard InChI is InChI=1S/C24H21N3O3/c1-2-16-30-22-11-7-6-10-20(22)17-25-27-24(29)19-12-14-21(15-13-19)26-23(28)18-8-4-3-5-9-18/h2-15,17H,1,16H2,(H,26,28)(H,27,29)/b25-17+. The Hall–Kier alpha value is -4.19. The van der Waals surface area contributed by atoms with Crippen molar-refractivity contribution in [2.75, 3.05) is 11.9 Å². The minimum absolute atomic E-state index is 0.213. The average Bonchev–Trinajstić information content (AvgIpc) is 2.79. The smallest absolute Gasteiger partial charge is 0.271 e. The number of carbonyl (C=O) groups is 2. The number of anilines is 1. The number of carbonyl (C=O) groups excluding carboxylic acids is 2. The van der Waals surface area contributed by atoms with Gasteiger partial charge >= 0.3 is 0 Å². The first-order valence-corrected chi connectivity index (χ1v) is 9.30. The topological polar surface area (TPSA) is 79.8 Å². The molecule has 150 valence electrons. The van der Waals surface area contributed by atoms with Crippen molar-refractivity contribution < 1.29 is 14.3 Å². The largest absolute Gasteiger partial charge is 0.489 e. The Morgan fingerprint density at radius 2 is 1.53 bits per heavy atom. The Morgan fingerprint density at radius 1 is 0.867 bits per heavy atom. The van der Waals surface area contributed by atoms with E-state index in [2.05, 4.69) is 22.4 Å². The van der Waals surface area contributed by atoms with Crippen LogP contribution >= 0.6 is 0 Å². The monoisotopic (exact) mass is 399 g/mol. The van der Waals surface area contributed by atoms with Gasteiger partial charge in [-0.25, -0.2) is 5.43 Å². The molecule has 0 spiro atoms. The summed E-state index contributed by atoms with van der Waals surface area (Å²) in [6.45, 7) is 4.00. The fourth-order valence-corrected chi connectivity index (χ4v) is 2.59. The highest BCUT2D eigenvalue weighted by molar-refractivity contribution is 6.04. The summed E-state index contributed by atoms with van der Waals surface area (Å²) in [7, 11) is 0. The maximum Gasteiger partial charge on any atom is 0.271 e. The Labute approximate surface area is 174 Å². The molecule has 3 rings (SSSR count). The molecular formula is C24H21N3O3. The van der Waals surface area contributed by atoms with E-state index in [4.69, 9.17) is 4.74 Å². The van der Waals surface area contributed by atoms with E-state index in [-0.39, 0.29) is 11.8 Å². The molecule has 0 aromatic heterocycles. The normalized spacial score (nSPS) is 10.4. The van der Waals surface area contributed by atoms with Crippen LogP contribution in [0, 0.1) is 0 Å². The number of para-hydroxylation sites is 1. The number of rotatable bonds is 8. The van der Waals surface area contributed by atoms with Crippen LogP contribution in [0.1, 0.15) is 26.3 Å². The molecule has 6 nitrogen and oxygen atoms in total. The van der Waals surface area contributed by atoms with Crippen LogP contribution in [0.4, 0.5) is 5.69 Å². The van der Waals surface area contributed by atoms with E-state index in [1.807, 2.05) is 30.3 Å². The van der Waals surface area contributed by atoms with Crippen LogP contribution in [0.3, 0.4) is 0 Å². The second kappa shape index (κ2) is 10.4. The highest BCUT2D eigenvalue weighted by Crippen LogP contribution is 2.16. The van der Waals surface area contributed by atoms with E-state index in [1.54, 1.807) is 54.6 Å². The van der Waals surface area contributed by atoms with Crippen LogP contribution < -0.4 is 15.5 Å². The lowest BCUT2D eigenvalue weighted by Crippen LogP contribution is -2.18. The fraction of sp³-hybridized carbons (Fsp3) is 0.0417. The van der Waals surface area contributed by atoms with Crippen LogP contribution in [0.2, 0.25) is 0 Å². The SMILES string of the molecule is C=CCOc1ccccc1/C=N/NC(=O)c1ccc(NC(=O)c2ccccc2)cc1. The van der Waals surface area contributed by atoms with E-state index >= 15 is 0 Å². The van der Waals surface area contributed by atoms with Gasteiger partial charge in [0, 0.05) is 22.4 Å². The lowest BCUT2D eigenvalue weighted by atomic mass is 10.1. The first-order valence-electron chi connectivity index (χ1n) is 9.30. The molecule has 0 unspecified atom stereocenters. The lowest BCUT2D eigenvalue weighted by Gasteiger charge is -2.07. The number of ether oxygens (including phenoxy) is 1. The van der Waals surface area contributed by atoms with Gasteiger partial charge in [-0.2, -0.15) is 5.10 Å². The number of hydrogen-bond acceptors (Lipinski definition) is 4. The van der Waals surface area contributed by atoms with Crippen LogP contribution in [-0.2, 0) is 0 Å². The van der Waals surface area contributed by atoms with Gasteiger partial charge in [-0.1, -0.05) is 43.0 Å². The van der Waals surface area contributed by atoms with Gasteiger partial charge < -0.3 is 10.1 Å². The second-order valence-corrected chi connectivity index (χ2v) is 6.23. The fourth-order valence-electron chi connectivity index (χ4n) is 2.59. The van der Waals surface area contributed by atoms with Gasteiger partial charge in [0.25, 0.3) is 11.8 Å². The molecule has 0 aliphatic carbocycles. The molecule has 0 saturated carbocycles. The van der Waals surface area contributed by atoms with Gasteiger partial charge in [0.05, 0.1) is 6.21 Å². The van der Waals surface area contributed by atoms with Crippen LogP contribution in [-0.4, -0.2) is 24.6 Å². The summed E-state index contributed by atoms with van der Waals surface area (Å²) < 4.78 is 5.55. The van der Waals surface area contributed by atoms with Crippen LogP contribution in [0.5, 0.6) is 5.75 Å². The zero-order chi connectivity index (χ0) is 21.2. The molecule has 0 atom stereocenters. The van der Waals surface area contributed by atoms with E-state index in [0.717, 1.165) is 5.56 Å². The first kappa shape index (κ1) is 20.5. The minimum Gasteiger partial charge on any atom is -0.489 e. The first-order chi connectivity index (χ1) is 14.7. The summed E-state index contributed by atoms with van der Waals surface area (Å²) in [5, 5.41) is 6.79. The summed E-state index contributed by atoms with van der Waals surface area (Å²) in [6, 6.07) is 22.8. The van der Waals surface area contributed by atoms with E-state index in [9.17, 15) is 9.59 Å². The summed E-state index contributed by atoms with van der Waals surface area (Å²) in [6.07, 6.45) is 3.17. The van der Waals surface area contributed by atoms with Gasteiger partial charge in [0.15, 0.2) is 0 Å². The van der Waals surface area contributed by atoms with Crippen molar-refractivity contribution in [3.8, 4) is 5.75 Å². The Bertz CT molecular complexity index is 1040. The predicted octanol–water partition coefficient (Wildman–Crippen LogP) is 4.27. The van der Waals surface area contributed by atoms with Gasteiger partial charge in [0.1, 0.15) is 12.4 Å². The van der Waals surface area contributed by atoms with Crippen molar-refractivity contribution in [1.82, 2.24) is 5.43 Å². The zero-order valence-electron chi connectivity index (χ0n) is 16.2. The van der Waals surface area contributed by atoms with E-state index in [1.165, 1.54) is 6.21 Å². The number of nitrogens with one attached hydrogen (secondary N) is 2. The summed E-state index contributed by atoms with van der Waals surface area (Å²) in [5.41, 5.74) is 4.79. The molecule has 30 heavy (non-hydrogen) atoms. The Kier molecular flexibility index (Phi) is 7.11. The summed E-state index contributed by atoms with van der Waals surface area (Å²) >= 11 is 0. The molecule has 0 fully saturated rings. The highest BCUT2D eigenvalue weighted by Gasteiger charge is 2.07. The molecule has 2 amide bonds. The summed E-state index contributed by atoms with van der Waals surface area (Å²) in [5.74, 6) is 0.0697. The average molecular weight is 399 g/mol. The summed E-state index contributed by atoms with van der Waals surface area (Å²) in [4.78, 5) is 24.5. The maximum absolute atomic E-state index is 12.3. The Morgan fingerprint density at radius 3 is 2.27 bits per heavy atom. The Balaban J connectivity index is 1.58. The third kappa shape index (κ3) is 5.65. The molecule has 0 heterocycles. The van der Waals surface area contributed by atoms with Gasteiger partial charge in [-0.3, -0.25) is 9.59 Å². The van der Waals surface area contributed by atoms with E-state index < -0.39 is 0 Å². The van der Waals surface area contributed by atoms with Crippen molar-refractivity contribution in [1.29, 1.82) is 0 Å². The van der Waals surface area contributed by atoms with Gasteiger partial charge in [0.2, 0.25) is 0 Å². The van der Waals surface area contributed by atoms with Crippen LogP contribution in [0.25, 0.3) is 0 Å². The van der Waals surface area contributed by atoms with E-state index in [0.29, 0.717) is 29.2 Å². The highest BCUT2D eigenvalue weighted by atomic mass is 16.5. The molecule has 0 aliphatic rings. The minimum atomic E-state index is -0.364. The zero-order valence-corrected chi connectivity index (χ0v) is 16.2. The number of nitrogens with zero attached hydrogens (tertiary/aromatic N) is 1. The number of amides is 2. The maximum atomic E-state index is 12.3. The molecule has 0 saturated heterocycles. The molecule has 0 radical (unpaired) electrons. The predicted molar refractivity (Wildman–Crippen MR) is 118 cm³/mol. The number of hydrogen-bond donors (Lipinski definition) is 2. The second-order valence-electron chi connectivity index (χ2n) is 6.23. The van der Waals surface area contributed by atoms with Crippen molar-refractivity contribution in [3.63, 3.8) is 0 Å². The molecule has 3 aromatic rings.